The van der Waals surface area contributed by atoms with Gasteiger partial charge in [0.1, 0.15) is 0 Å². The summed E-state index contributed by atoms with van der Waals surface area (Å²) in [6.07, 6.45) is 8.40. The highest BCUT2D eigenvalue weighted by Gasteiger charge is 2.27. The van der Waals surface area contributed by atoms with Gasteiger partial charge in [-0.05, 0) is 24.5 Å². The van der Waals surface area contributed by atoms with E-state index in [4.69, 9.17) is 4.52 Å². The van der Waals surface area contributed by atoms with Crippen molar-refractivity contribution >= 4 is 21.9 Å². The second-order valence-electron chi connectivity index (χ2n) is 7.93. The number of amides is 1. The van der Waals surface area contributed by atoms with E-state index in [1.165, 1.54) is 56.4 Å². The van der Waals surface area contributed by atoms with Crippen molar-refractivity contribution in [3.05, 3.63) is 42.0 Å². The number of hydrogen-bond donors (Lipinski definition) is 2. The number of hydrogen-bond acceptors (Lipinski definition) is 7. The molecule has 0 aliphatic heterocycles. The van der Waals surface area contributed by atoms with Crippen LogP contribution in [0.1, 0.15) is 80.2 Å². The van der Waals surface area contributed by atoms with Crippen LogP contribution >= 0.6 is 0 Å². The average Bonchev–Trinajstić information content (AvgIpc) is 3.24. The van der Waals surface area contributed by atoms with E-state index in [2.05, 4.69) is 10.1 Å². The number of carbonyl (C=O) groups is 2. The van der Waals surface area contributed by atoms with E-state index in [0.717, 1.165) is 12.8 Å². The normalized spacial score (nSPS) is 16.0. The van der Waals surface area contributed by atoms with Crippen molar-refractivity contribution < 1.29 is 27.6 Å². The molecule has 0 bridgehead atoms. The van der Waals surface area contributed by atoms with E-state index in [0.29, 0.717) is 12.3 Å². The molecule has 0 saturated heterocycles. The Labute approximate surface area is 181 Å². The molecule has 0 unspecified atom stereocenters. The largest absolute Gasteiger partial charge is 0.481 e. The number of nitrogens with one attached hydrogen (secondary N) is 1. The van der Waals surface area contributed by atoms with Gasteiger partial charge in [-0.3, -0.25) is 9.59 Å². The summed E-state index contributed by atoms with van der Waals surface area (Å²) < 4.78 is 31.6. The number of carboxylic acid groups (broad SMARTS) is 1. The second-order valence-corrected chi connectivity index (χ2v) is 9.62. The van der Waals surface area contributed by atoms with Crippen LogP contribution < -0.4 is 4.72 Å². The fourth-order valence-electron chi connectivity index (χ4n) is 3.97. The zero-order valence-corrected chi connectivity index (χ0v) is 18.0. The number of benzene rings is 1. The van der Waals surface area contributed by atoms with Crippen molar-refractivity contribution in [2.45, 2.75) is 68.6 Å². The lowest BCUT2D eigenvalue weighted by Crippen LogP contribution is -2.31. The van der Waals surface area contributed by atoms with Gasteiger partial charge in [0.25, 0.3) is 15.8 Å². The number of carboxylic acids is 1. The summed E-state index contributed by atoms with van der Waals surface area (Å²) in [7, 11) is -4.08. The second kappa shape index (κ2) is 10.5. The minimum Gasteiger partial charge on any atom is -0.481 e. The molecule has 1 saturated carbocycles. The van der Waals surface area contributed by atoms with E-state index >= 15 is 0 Å². The molecule has 1 aliphatic rings. The fraction of sp³-hybridized carbons (Fsp3) is 0.524. The van der Waals surface area contributed by atoms with Crippen molar-refractivity contribution in [3.63, 3.8) is 0 Å². The quantitative estimate of drug-likeness (QED) is 0.562. The van der Waals surface area contributed by atoms with Crippen molar-refractivity contribution in [3.8, 4) is 0 Å². The molecule has 0 radical (unpaired) electrons. The molecule has 1 aliphatic carbocycles. The van der Waals surface area contributed by atoms with Crippen LogP contribution in [-0.4, -0.2) is 35.5 Å². The highest BCUT2D eigenvalue weighted by atomic mass is 32.2. The first-order valence-electron chi connectivity index (χ1n) is 10.5. The fourth-order valence-corrected chi connectivity index (χ4v) is 4.94. The van der Waals surface area contributed by atoms with Crippen LogP contribution in [0.2, 0.25) is 0 Å². The third-order valence-electron chi connectivity index (χ3n) is 5.59. The van der Waals surface area contributed by atoms with Gasteiger partial charge in [0, 0.05) is 5.92 Å². The van der Waals surface area contributed by atoms with Crippen LogP contribution in [0.4, 0.5) is 0 Å². The van der Waals surface area contributed by atoms with Crippen molar-refractivity contribution in [2.75, 3.05) is 0 Å². The number of sulfonamides is 1. The average molecular weight is 450 g/mol. The van der Waals surface area contributed by atoms with Crippen LogP contribution in [0.25, 0.3) is 0 Å². The first-order chi connectivity index (χ1) is 14.8. The van der Waals surface area contributed by atoms with Gasteiger partial charge in [-0.25, -0.2) is 13.1 Å². The molecular weight excluding hydrogens is 422 g/mol. The van der Waals surface area contributed by atoms with Gasteiger partial charge in [-0.2, -0.15) is 4.98 Å². The van der Waals surface area contributed by atoms with Crippen molar-refractivity contribution in [1.82, 2.24) is 14.9 Å². The number of aliphatic carboxylic acids is 1. The minimum absolute atomic E-state index is 0.0355. The zero-order valence-electron chi connectivity index (χ0n) is 17.2. The summed E-state index contributed by atoms with van der Waals surface area (Å²) in [5, 5.41) is 12.8. The molecule has 0 spiro atoms. The molecule has 1 heterocycles. The molecule has 1 fully saturated rings. The molecule has 1 atom stereocenters. The molecule has 1 aromatic carbocycles. The summed E-state index contributed by atoms with van der Waals surface area (Å²) >= 11 is 0. The lowest BCUT2D eigenvalue weighted by molar-refractivity contribution is -0.137. The molecule has 3 rings (SSSR count). The molecule has 2 aromatic rings. The molecule has 10 heteroatoms. The summed E-state index contributed by atoms with van der Waals surface area (Å²) in [6.45, 7) is 0. The molecule has 9 nitrogen and oxygen atoms in total. The molecule has 168 valence electrons. The Morgan fingerprint density at radius 2 is 1.87 bits per heavy atom. The maximum absolute atomic E-state index is 12.3. The van der Waals surface area contributed by atoms with Crippen molar-refractivity contribution in [1.29, 1.82) is 0 Å². The standard InChI is InChI=1S/C21H27N3O6S/c25-18(26)14-16(11-7-10-15-8-3-1-4-9-15)21-22-19(23-30-21)20(27)24-31(28,29)17-12-5-2-6-13-17/h2,5-6,12-13,15-16H,1,3-4,7-11,14H2,(H,24,27)(H,25,26)/t16-/m1/s1. The lowest BCUT2D eigenvalue weighted by Gasteiger charge is -2.21. The van der Waals surface area contributed by atoms with E-state index in [-0.39, 0.29) is 17.2 Å². The van der Waals surface area contributed by atoms with Crippen LogP contribution in [0.5, 0.6) is 0 Å². The number of nitrogens with zero attached hydrogens (tertiary/aromatic N) is 2. The van der Waals surface area contributed by atoms with Gasteiger partial charge in [0.05, 0.1) is 11.3 Å². The SMILES string of the molecule is O=C(O)C[C@@H](CCCC1CCCCC1)c1nc(C(=O)NS(=O)(=O)c2ccccc2)no1. The van der Waals surface area contributed by atoms with Crippen LogP contribution in [0.15, 0.2) is 39.8 Å². The van der Waals surface area contributed by atoms with E-state index < -0.39 is 33.6 Å². The molecular formula is C21H27N3O6S. The van der Waals surface area contributed by atoms with E-state index in [1.807, 2.05) is 4.72 Å². The first kappa shape index (κ1) is 22.9. The molecule has 1 amide bonds. The maximum atomic E-state index is 12.3. The number of aromatic nitrogens is 2. The summed E-state index contributed by atoms with van der Waals surface area (Å²) in [5.74, 6) is -2.30. The molecule has 1 aromatic heterocycles. The Balaban J connectivity index is 1.63. The molecule has 2 N–H and O–H groups in total. The smallest absolute Gasteiger partial charge is 0.306 e. The Kier molecular flexibility index (Phi) is 7.78. The van der Waals surface area contributed by atoms with E-state index in [9.17, 15) is 23.1 Å². The molecule has 31 heavy (non-hydrogen) atoms. The predicted molar refractivity (Wildman–Crippen MR) is 111 cm³/mol. The topological polar surface area (TPSA) is 139 Å². The Morgan fingerprint density at radius 1 is 1.16 bits per heavy atom. The van der Waals surface area contributed by atoms with Crippen LogP contribution in [-0.2, 0) is 14.8 Å². The Bertz CT molecular complexity index is 984. The first-order valence-corrected chi connectivity index (χ1v) is 12.0. The van der Waals surface area contributed by atoms with Gasteiger partial charge >= 0.3 is 11.9 Å². The predicted octanol–water partition coefficient (Wildman–Crippen LogP) is 3.50. The third kappa shape index (κ3) is 6.61. The Morgan fingerprint density at radius 3 is 2.55 bits per heavy atom. The van der Waals surface area contributed by atoms with Gasteiger partial charge in [0.15, 0.2) is 0 Å². The highest BCUT2D eigenvalue weighted by molar-refractivity contribution is 7.90. The van der Waals surface area contributed by atoms with Gasteiger partial charge in [0.2, 0.25) is 5.89 Å². The number of rotatable bonds is 10. The van der Waals surface area contributed by atoms with Crippen molar-refractivity contribution in [2.24, 2.45) is 5.92 Å². The lowest BCUT2D eigenvalue weighted by atomic mass is 9.84. The van der Waals surface area contributed by atoms with Gasteiger partial charge in [-0.1, -0.05) is 68.3 Å². The zero-order chi connectivity index (χ0) is 22.3. The third-order valence-corrected chi connectivity index (χ3v) is 6.93. The van der Waals surface area contributed by atoms with Gasteiger partial charge < -0.3 is 9.63 Å². The summed E-state index contributed by atoms with van der Waals surface area (Å²) in [5.41, 5.74) is 0. The number of carbonyl (C=O) groups excluding carboxylic acids is 1. The van der Waals surface area contributed by atoms with Gasteiger partial charge in [-0.15, -0.1) is 0 Å². The minimum atomic E-state index is -4.08. The van der Waals surface area contributed by atoms with Crippen LogP contribution in [0, 0.1) is 5.92 Å². The Hall–Kier alpha value is -2.75. The maximum Gasteiger partial charge on any atom is 0.306 e. The highest BCUT2D eigenvalue weighted by Crippen LogP contribution is 2.31. The summed E-state index contributed by atoms with van der Waals surface area (Å²) in [6, 6.07) is 7.44. The monoisotopic (exact) mass is 449 g/mol. The van der Waals surface area contributed by atoms with Crippen LogP contribution in [0.3, 0.4) is 0 Å². The summed E-state index contributed by atoms with van der Waals surface area (Å²) in [4.78, 5) is 27.5. The van der Waals surface area contributed by atoms with E-state index in [1.54, 1.807) is 6.07 Å².